The highest BCUT2D eigenvalue weighted by Crippen LogP contribution is 2.21. The summed E-state index contributed by atoms with van der Waals surface area (Å²) in [5, 5.41) is 3.18. The van der Waals surface area contributed by atoms with Gasteiger partial charge in [0.25, 0.3) is 0 Å². The minimum Gasteiger partial charge on any atom is -0.462 e. The molecule has 0 aliphatic carbocycles. The fourth-order valence-electron chi connectivity index (χ4n) is 1.79. The number of carbonyl (C=O) groups excluding carboxylic acids is 1. The van der Waals surface area contributed by atoms with Crippen molar-refractivity contribution >= 4 is 17.3 Å². The third kappa shape index (κ3) is 3.09. The molecule has 6 nitrogen and oxygen atoms in total. The Morgan fingerprint density at radius 3 is 2.95 bits per heavy atom. The molecule has 20 heavy (non-hydrogen) atoms. The lowest BCUT2D eigenvalue weighted by molar-refractivity contribution is 0.0526. The van der Waals surface area contributed by atoms with Gasteiger partial charge in [-0.15, -0.1) is 0 Å². The van der Waals surface area contributed by atoms with Crippen LogP contribution < -0.4 is 11.1 Å². The zero-order valence-corrected chi connectivity index (χ0v) is 11.6. The van der Waals surface area contributed by atoms with E-state index in [-0.39, 0.29) is 5.97 Å². The van der Waals surface area contributed by atoms with Gasteiger partial charge in [-0.1, -0.05) is 0 Å². The van der Waals surface area contributed by atoms with Crippen LogP contribution in [0.1, 0.15) is 23.1 Å². The summed E-state index contributed by atoms with van der Waals surface area (Å²) in [4.78, 5) is 15.9. The van der Waals surface area contributed by atoms with E-state index in [1.807, 2.05) is 17.8 Å². The zero-order chi connectivity index (χ0) is 14.5. The molecule has 0 atom stereocenters. The lowest BCUT2D eigenvalue weighted by Crippen LogP contribution is -2.09. The second-order valence-electron chi connectivity index (χ2n) is 4.33. The molecule has 0 aliphatic heterocycles. The first-order chi connectivity index (χ1) is 9.61. The van der Waals surface area contributed by atoms with E-state index < -0.39 is 0 Å². The Balaban J connectivity index is 2.12. The SMILES string of the molecule is CCOC(=O)c1ccc(N)c(NCc2nccn2C)c1. The van der Waals surface area contributed by atoms with Crippen LogP contribution in [0, 0.1) is 0 Å². The van der Waals surface area contributed by atoms with Crippen molar-refractivity contribution in [2.24, 2.45) is 7.05 Å². The predicted octanol–water partition coefficient (Wildman–Crippen LogP) is 1.79. The topological polar surface area (TPSA) is 82.2 Å². The van der Waals surface area contributed by atoms with Crippen molar-refractivity contribution in [3.63, 3.8) is 0 Å². The van der Waals surface area contributed by atoms with Crippen LogP contribution in [0.25, 0.3) is 0 Å². The van der Waals surface area contributed by atoms with Crippen LogP contribution in [-0.4, -0.2) is 22.1 Å². The van der Waals surface area contributed by atoms with Gasteiger partial charge in [-0.2, -0.15) is 0 Å². The van der Waals surface area contributed by atoms with Crippen LogP contribution in [-0.2, 0) is 18.3 Å². The maximum Gasteiger partial charge on any atom is 0.338 e. The van der Waals surface area contributed by atoms with Gasteiger partial charge in [-0.3, -0.25) is 0 Å². The van der Waals surface area contributed by atoms with E-state index in [4.69, 9.17) is 10.5 Å². The van der Waals surface area contributed by atoms with Gasteiger partial charge in [-0.05, 0) is 25.1 Å². The molecule has 1 heterocycles. The number of nitrogens with one attached hydrogen (secondary N) is 1. The standard InChI is InChI=1S/C14H18N4O2/c1-3-20-14(19)10-4-5-11(15)12(8-10)17-9-13-16-6-7-18(13)2/h4-8,17H,3,9,15H2,1-2H3. The van der Waals surface area contributed by atoms with Gasteiger partial charge in [0.15, 0.2) is 0 Å². The van der Waals surface area contributed by atoms with Crippen molar-refractivity contribution in [2.75, 3.05) is 17.7 Å². The number of nitrogens with zero attached hydrogens (tertiary/aromatic N) is 2. The highest BCUT2D eigenvalue weighted by Gasteiger charge is 2.09. The molecule has 1 aromatic carbocycles. The largest absolute Gasteiger partial charge is 0.462 e. The van der Waals surface area contributed by atoms with Crippen molar-refractivity contribution in [3.8, 4) is 0 Å². The highest BCUT2D eigenvalue weighted by molar-refractivity contribution is 5.92. The van der Waals surface area contributed by atoms with Crippen molar-refractivity contribution in [1.82, 2.24) is 9.55 Å². The molecule has 0 spiro atoms. The minimum absolute atomic E-state index is 0.346. The fraction of sp³-hybridized carbons (Fsp3) is 0.286. The maximum atomic E-state index is 11.7. The van der Waals surface area contributed by atoms with Crippen LogP contribution in [0.5, 0.6) is 0 Å². The number of nitrogen functional groups attached to an aromatic ring is 1. The smallest absolute Gasteiger partial charge is 0.338 e. The second-order valence-corrected chi connectivity index (χ2v) is 4.33. The van der Waals surface area contributed by atoms with Crippen molar-refractivity contribution in [1.29, 1.82) is 0 Å². The molecule has 0 aliphatic rings. The number of hydrogen-bond donors (Lipinski definition) is 2. The third-order valence-corrected chi connectivity index (χ3v) is 2.92. The molecule has 2 aromatic rings. The third-order valence-electron chi connectivity index (χ3n) is 2.92. The number of ether oxygens (including phenoxy) is 1. The quantitative estimate of drug-likeness (QED) is 0.641. The van der Waals surface area contributed by atoms with Crippen LogP contribution >= 0.6 is 0 Å². The van der Waals surface area contributed by atoms with Crippen LogP contribution in [0.15, 0.2) is 30.6 Å². The second kappa shape index (κ2) is 6.10. The van der Waals surface area contributed by atoms with E-state index in [2.05, 4.69) is 10.3 Å². The molecular formula is C14H18N4O2. The fourth-order valence-corrected chi connectivity index (χ4v) is 1.79. The summed E-state index contributed by atoms with van der Waals surface area (Å²) in [6.07, 6.45) is 3.60. The van der Waals surface area contributed by atoms with E-state index in [0.29, 0.717) is 30.1 Å². The Hall–Kier alpha value is -2.50. The van der Waals surface area contributed by atoms with E-state index >= 15 is 0 Å². The van der Waals surface area contributed by atoms with E-state index in [1.165, 1.54) is 0 Å². The average Bonchev–Trinajstić information content (AvgIpc) is 2.83. The molecule has 6 heteroatoms. The molecule has 3 N–H and O–H groups in total. The summed E-state index contributed by atoms with van der Waals surface area (Å²) in [5.41, 5.74) is 7.64. The zero-order valence-electron chi connectivity index (χ0n) is 11.6. The lowest BCUT2D eigenvalue weighted by Gasteiger charge is -2.11. The number of aromatic nitrogens is 2. The molecule has 0 saturated heterocycles. The average molecular weight is 274 g/mol. The molecular weight excluding hydrogens is 256 g/mol. The first kappa shape index (κ1) is 13.9. The number of hydrogen-bond acceptors (Lipinski definition) is 5. The van der Waals surface area contributed by atoms with Gasteiger partial charge in [0.2, 0.25) is 0 Å². The lowest BCUT2D eigenvalue weighted by atomic mass is 10.1. The molecule has 0 amide bonds. The first-order valence-electron chi connectivity index (χ1n) is 6.38. The molecule has 106 valence electrons. The molecule has 2 rings (SSSR count). The predicted molar refractivity (Wildman–Crippen MR) is 77.3 cm³/mol. The summed E-state index contributed by atoms with van der Waals surface area (Å²) in [5.74, 6) is 0.526. The summed E-state index contributed by atoms with van der Waals surface area (Å²) in [7, 11) is 1.92. The summed E-state index contributed by atoms with van der Waals surface area (Å²) in [6, 6.07) is 5.03. The summed E-state index contributed by atoms with van der Waals surface area (Å²) < 4.78 is 6.88. The first-order valence-corrected chi connectivity index (χ1v) is 6.38. The van der Waals surface area contributed by atoms with E-state index in [1.54, 1.807) is 31.3 Å². The number of aryl methyl sites for hydroxylation is 1. The number of nitrogens with two attached hydrogens (primary N) is 1. The highest BCUT2D eigenvalue weighted by atomic mass is 16.5. The van der Waals surface area contributed by atoms with Gasteiger partial charge in [0.05, 0.1) is 30.1 Å². The van der Waals surface area contributed by atoms with E-state index in [9.17, 15) is 4.79 Å². The molecule has 0 unspecified atom stereocenters. The molecule has 0 saturated carbocycles. The summed E-state index contributed by atoms with van der Waals surface area (Å²) >= 11 is 0. The number of imidazole rings is 1. The molecule has 0 fully saturated rings. The number of esters is 1. The molecule has 0 bridgehead atoms. The maximum absolute atomic E-state index is 11.7. The van der Waals surface area contributed by atoms with Crippen LogP contribution in [0.3, 0.4) is 0 Å². The Labute approximate surface area is 117 Å². The van der Waals surface area contributed by atoms with Gasteiger partial charge in [0, 0.05) is 19.4 Å². The van der Waals surface area contributed by atoms with Crippen LogP contribution in [0.4, 0.5) is 11.4 Å². The summed E-state index contributed by atoms with van der Waals surface area (Å²) in [6.45, 7) is 2.65. The Bertz CT molecular complexity index is 607. The Morgan fingerprint density at radius 1 is 1.50 bits per heavy atom. The minimum atomic E-state index is -0.354. The van der Waals surface area contributed by atoms with Crippen LogP contribution in [0.2, 0.25) is 0 Å². The van der Waals surface area contributed by atoms with Gasteiger partial charge in [0.1, 0.15) is 5.82 Å². The van der Waals surface area contributed by atoms with Crippen molar-refractivity contribution in [2.45, 2.75) is 13.5 Å². The number of benzene rings is 1. The molecule has 0 radical (unpaired) electrons. The van der Waals surface area contributed by atoms with Gasteiger partial charge in [-0.25, -0.2) is 9.78 Å². The monoisotopic (exact) mass is 274 g/mol. The van der Waals surface area contributed by atoms with Gasteiger partial charge >= 0.3 is 5.97 Å². The van der Waals surface area contributed by atoms with Crippen molar-refractivity contribution in [3.05, 3.63) is 42.0 Å². The Kier molecular flexibility index (Phi) is 4.24. The number of carbonyl (C=O) groups is 1. The number of anilines is 2. The number of rotatable bonds is 5. The molecule has 1 aromatic heterocycles. The normalized spacial score (nSPS) is 10.3. The Morgan fingerprint density at radius 2 is 2.30 bits per heavy atom. The van der Waals surface area contributed by atoms with Crippen molar-refractivity contribution < 1.29 is 9.53 Å². The van der Waals surface area contributed by atoms with E-state index in [0.717, 1.165) is 5.82 Å². The van der Waals surface area contributed by atoms with Gasteiger partial charge < -0.3 is 20.4 Å².